The number of hydrogen-bond acceptors (Lipinski definition) is 3. The van der Waals surface area contributed by atoms with Gasteiger partial charge >= 0.3 is 0 Å². The molecular formula is C12H32N2O. The highest BCUT2D eigenvalue weighted by atomic mass is 16.5. The Morgan fingerprint density at radius 1 is 1.07 bits per heavy atom. The van der Waals surface area contributed by atoms with E-state index in [1.54, 1.807) is 0 Å². The first kappa shape index (κ1) is 14.9. The van der Waals surface area contributed by atoms with Crippen LogP contribution in [0.2, 0.25) is 0 Å². The Morgan fingerprint density at radius 2 is 1.80 bits per heavy atom. The van der Waals surface area contributed by atoms with Gasteiger partial charge in [-0.15, -0.1) is 0 Å². The Labute approximate surface area is 97.9 Å². The topological polar surface area (TPSA) is 33.3 Å². The van der Waals surface area contributed by atoms with Crippen molar-refractivity contribution in [1.82, 2.24) is 10.6 Å². The second-order valence-electron chi connectivity index (χ2n) is 4.12. The van der Waals surface area contributed by atoms with Gasteiger partial charge in [0.05, 0.1) is 0 Å². The van der Waals surface area contributed by atoms with E-state index in [2.05, 4.69) is 24.5 Å². The van der Waals surface area contributed by atoms with E-state index >= 15 is 0 Å². The monoisotopic (exact) mass is 220 g/mol. The van der Waals surface area contributed by atoms with Crippen LogP contribution in [0.5, 0.6) is 0 Å². The molecule has 3 nitrogen and oxygen atoms in total. The zero-order valence-electron chi connectivity index (χ0n) is 10.6. The molecule has 15 heavy (non-hydrogen) atoms. The van der Waals surface area contributed by atoms with Crippen LogP contribution in [0.3, 0.4) is 0 Å². The number of nitrogens with one attached hydrogen (secondary N) is 2. The summed E-state index contributed by atoms with van der Waals surface area (Å²) >= 11 is 0. The van der Waals surface area contributed by atoms with E-state index in [0.29, 0.717) is 6.04 Å². The van der Waals surface area contributed by atoms with Crippen molar-refractivity contribution in [2.75, 3.05) is 32.8 Å². The van der Waals surface area contributed by atoms with Gasteiger partial charge in [0.15, 0.2) is 0 Å². The summed E-state index contributed by atoms with van der Waals surface area (Å²) in [5.74, 6) is 0. The first-order chi connectivity index (χ1) is 7.27. The van der Waals surface area contributed by atoms with Gasteiger partial charge in [0.2, 0.25) is 0 Å². The SMILES string of the molecule is CCOCCCCNCCCNC(C)C.[HH].[HH]. The molecule has 0 unspecified atom stereocenters. The molecule has 0 heterocycles. The minimum Gasteiger partial charge on any atom is -0.382 e. The molecule has 0 bridgehead atoms. The second kappa shape index (κ2) is 12.0. The lowest BCUT2D eigenvalue weighted by Gasteiger charge is -2.08. The van der Waals surface area contributed by atoms with Crippen LogP contribution in [0.25, 0.3) is 0 Å². The van der Waals surface area contributed by atoms with Crippen LogP contribution in [-0.2, 0) is 4.74 Å². The van der Waals surface area contributed by atoms with Crippen molar-refractivity contribution in [2.24, 2.45) is 0 Å². The summed E-state index contributed by atoms with van der Waals surface area (Å²) in [4.78, 5) is 0. The van der Waals surface area contributed by atoms with Crippen molar-refractivity contribution in [2.45, 2.75) is 46.1 Å². The molecule has 96 valence electrons. The average Bonchev–Trinajstić information content (AvgIpc) is 2.20. The Bertz CT molecular complexity index is 127. The van der Waals surface area contributed by atoms with Crippen LogP contribution in [-0.4, -0.2) is 38.9 Å². The van der Waals surface area contributed by atoms with Crippen LogP contribution in [0.1, 0.15) is 42.9 Å². The maximum atomic E-state index is 5.27. The van der Waals surface area contributed by atoms with Crippen molar-refractivity contribution in [1.29, 1.82) is 0 Å². The van der Waals surface area contributed by atoms with Gasteiger partial charge < -0.3 is 15.4 Å². The summed E-state index contributed by atoms with van der Waals surface area (Å²) in [7, 11) is 0. The van der Waals surface area contributed by atoms with Crippen molar-refractivity contribution in [3.63, 3.8) is 0 Å². The van der Waals surface area contributed by atoms with Crippen LogP contribution < -0.4 is 10.6 Å². The number of ether oxygens (including phenoxy) is 1. The van der Waals surface area contributed by atoms with E-state index in [4.69, 9.17) is 4.74 Å². The van der Waals surface area contributed by atoms with Gasteiger partial charge in [0, 0.05) is 22.1 Å². The molecule has 0 aromatic heterocycles. The third-order valence-electron chi connectivity index (χ3n) is 2.18. The minimum absolute atomic E-state index is 0. The van der Waals surface area contributed by atoms with E-state index in [9.17, 15) is 0 Å². The molecule has 0 fully saturated rings. The van der Waals surface area contributed by atoms with E-state index < -0.39 is 0 Å². The van der Waals surface area contributed by atoms with Gasteiger partial charge in [0.1, 0.15) is 0 Å². The maximum Gasteiger partial charge on any atom is 0.0466 e. The summed E-state index contributed by atoms with van der Waals surface area (Å²) in [5, 5.41) is 6.84. The van der Waals surface area contributed by atoms with Gasteiger partial charge in [0.25, 0.3) is 0 Å². The minimum atomic E-state index is 0. The lowest BCUT2D eigenvalue weighted by atomic mass is 10.3. The fourth-order valence-corrected chi connectivity index (χ4v) is 1.33. The zero-order valence-corrected chi connectivity index (χ0v) is 10.6. The summed E-state index contributed by atoms with van der Waals surface area (Å²) in [5.41, 5.74) is 0. The molecule has 0 aliphatic rings. The molecule has 0 rings (SSSR count). The van der Waals surface area contributed by atoms with Gasteiger partial charge in [-0.1, -0.05) is 13.8 Å². The molecule has 0 saturated heterocycles. The summed E-state index contributed by atoms with van der Waals surface area (Å²) < 4.78 is 5.27. The molecule has 0 atom stereocenters. The Morgan fingerprint density at radius 3 is 2.47 bits per heavy atom. The zero-order chi connectivity index (χ0) is 11.4. The Hall–Kier alpha value is -0.120. The van der Waals surface area contributed by atoms with Crippen LogP contribution >= 0.6 is 0 Å². The Kier molecular flexibility index (Phi) is 11.9. The first-order valence-electron chi connectivity index (χ1n) is 6.29. The fourth-order valence-electron chi connectivity index (χ4n) is 1.33. The molecule has 0 amide bonds. The number of unbranched alkanes of at least 4 members (excludes halogenated alkanes) is 1. The standard InChI is InChI=1S/C12H28N2O.2H2/c1-4-15-11-6-5-8-13-9-7-10-14-12(2)3;;/h12-14H,4-11H2,1-3H3;2*1H. The Balaban J connectivity index is -0.000000980. The van der Waals surface area contributed by atoms with Crippen molar-refractivity contribution >= 4 is 0 Å². The van der Waals surface area contributed by atoms with E-state index in [1.807, 2.05) is 6.92 Å². The van der Waals surface area contributed by atoms with E-state index in [-0.39, 0.29) is 2.85 Å². The van der Waals surface area contributed by atoms with Gasteiger partial charge in [-0.3, -0.25) is 0 Å². The molecule has 3 heteroatoms. The first-order valence-corrected chi connectivity index (χ1v) is 6.29. The molecule has 0 aromatic rings. The quantitative estimate of drug-likeness (QED) is 0.524. The van der Waals surface area contributed by atoms with Gasteiger partial charge in [-0.2, -0.15) is 0 Å². The predicted octanol–water partition coefficient (Wildman–Crippen LogP) is 2.27. The molecular weight excluding hydrogens is 188 g/mol. The third-order valence-corrected chi connectivity index (χ3v) is 2.18. The van der Waals surface area contributed by atoms with Crippen molar-refractivity contribution in [3.05, 3.63) is 0 Å². The third kappa shape index (κ3) is 13.9. The largest absolute Gasteiger partial charge is 0.382 e. The molecule has 0 saturated carbocycles. The molecule has 0 aliphatic carbocycles. The van der Waals surface area contributed by atoms with Gasteiger partial charge in [-0.05, 0) is 45.8 Å². The highest BCUT2D eigenvalue weighted by Crippen LogP contribution is 1.88. The lowest BCUT2D eigenvalue weighted by molar-refractivity contribution is 0.143. The van der Waals surface area contributed by atoms with Crippen molar-refractivity contribution in [3.8, 4) is 0 Å². The molecule has 2 N–H and O–H groups in total. The molecule has 0 radical (unpaired) electrons. The summed E-state index contributed by atoms with van der Waals surface area (Å²) in [6, 6.07) is 0.608. The fraction of sp³-hybridized carbons (Fsp3) is 1.00. The lowest BCUT2D eigenvalue weighted by Crippen LogP contribution is -2.27. The van der Waals surface area contributed by atoms with Crippen LogP contribution in [0.15, 0.2) is 0 Å². The van der Waals surface area contributed by atoms with Crippen LogP contribution in [0.4, 0.5) is 0 Å². The highest BCUT2D eigenvalue weighted by molar-refractivity contribution is 4.55. The van der Waals surface area contributed by atoms with Crippen molar-refractivity contribution < 1.29 is 7.59 Å². The molecule has 0 spiro atoms. The van der Waals surface area contributed by atoms with E-state index in [0.717, 1.165) is 32.8 Å². The smallest absolute Gasteiger partial charge is 0.0466 e. The number of rotatable bonds is 11. The molecule has 0 aromatic carbocycles. The second-order valence-corrected chi connectivity index (χ2v) is 4.12. The number of hydrogen-bond donors (Lipinski definition) is 2. The average molecular weight is 220 g/mol. The van der Waals surface area contributed by atoms with Crippen LogP contribution in [0, 0.1) is 0 Å². The normalized spacial score (nSPS) is 11.2. The maximum absolute atomic E-state index is 5.27. The molecule has 0 aliphatic heterocycles. The highest BCUT2D eigenvalue weighted by Gasteiger charge is 1.92. The van der Waals surface area contributed by atoms with E-state index in [1.165, 1.54) is 19.3 Å². The van der Waals surface area contributed by atoms with Gasteiger partial charge in [-0.25, -0.2) is 0 Å². The summed E-state index contributed by atoms with van der Waals surface area (Å²) in [6.45, 7) is 11.5. The predicted molar refractivity (Wildman–Crippen MR) is 70.6 cm³/mol. The summed E-state index contributed by atoms with van der Waals surface area (Å²) in [6.07, 6.45) is 3.60.